The van der Waals surface area contributed by atoms with Crippen LogP contribution in [0.3, 0.4) is 0 Å². The quantitative estimate of drug-likeness (QED) is 0.736. The summed E-state index contributed by atoms with van der Waals surface area (Å²) in [6.07, 6.45) is -0.931. The van der Waals surface area contributed by atoms with E-state index in [4.69, 9.17) is 19.3 Å². The van der Waals surface area contributed by atoms with Gasteiger partial charge in [-0.25, -0.2) is 4.79 Å². The molecular formula is C18H16N2O5. The second kappa shape index (κ2) is 7.04. The van der Waals surface area contributed by atoms with E-state index < -0.39 is 12.1 Å². The predicted molar refractivity (Wildman–Crippen MR) is 90.3 cm³/mol. The van der Waals surface area contributed by atoms with E-state index in [1.54, 1.807) is 24.3 Å². The minimum Gasteiger partial charge on any atom is -0.480 e. The summed E-state index contributed by atoms with van der Waals surface area (Å²) in [6, 6.07) is 14.1. The molecule has 3 aromatic rings. The third kappa shape index (κ3) is 3.77. The Balaban J connectivity index is 1.80. The molecule has 0 fully saturated rings. The number of aromatic nitrogens is 2. The van der Waals surface area contributed by atoms with Crippen molar-refractivity contribution < 1.29 is 24.1 Å². The number of ether oxygens (including phenoxy) is 3. The van der Waals surface area contributed by atoms with E-state index >= 15 is 0 Å². The fourth-order valence-corrected chi connectivity index (χ4v) is 2.17. The van der Waals surface area contributed by atoms with Crippen molar-refractivity contribution in [3.05, 3.63) is 48.5 Å². The van der Waals surface area contributed by atoms with Gasteiger partial charge in [-0.1, -0.05) is 12.1 Å². The topological polar surface area (TPSA) is 90.8 Å². The number of para-hydroxylation sites is 1. The van der Waals surface area contributed by atoms with Gasteiger partial charge in [0, 0.05) is 0 Å². The van der Waals surface area contributed by atoms with Crippen LogP contribution in [0.15, 0.2) is 48.5 Å². The average molecular weight is 340 g/mol. The van der Waals surface area contributed by atoms with Crippen LogP contribution in [-0.4, -0.2) is 34.3 Å². The Hall–Kier alpha value is -3.35. The van der Waals surface area contributed by atoms with E-state index in [0.717, 1.165) is 5.39 Å². The molecule has 128 valence electrons. The fraction of sp³-hybridized carbons (Fsp3) is 0.167. The molecule has 0 aliphatic carbocycles. The molecule has 7 nitrogen and oxygen atoms in total. The Bertz CT molecular complexity index is 896. The van der Waals surface area contributed by atoms with Crippen LogP contribution in [0.4, 0.5) is 0 Å². The van der Waals surface area contributed by atoms with Crippen molar-refractivity contribution in [3.8, 4) is 23.4 Å². The maximum atomic E-state index is 10.8. The number of nitrogens with zero attached hydrogens (tertiary/aromatic N) is 2. The zero-order valence-corrected chi connectivity index (χ0v) is 13.7. The fourth-order valence-electron chi connectivity index (χ4n) is 2.17. The number of aliphatic carboxylic acids is 1. The first-order valence-corrected chi connectivity index (χ1v) is 7.55. The summed E-state index contributed by atoms with van der Waals surface area (Å²) < 4.78 is 16.2. The number of carbonyl (C=O) groups is 1. The summed E-state index contributed by atoms with van der Waals surface area (Å²) in [4.78, 5) is 19.4. The number of hydrogen-bond donors (Lipinski definition) is 1. The molecule has 25 heavy (non-hydrogen) atoms. The molecule has 0 spiro atoms. The lowest BCUT2D eigenvalue weighted by Crippen LogP contribution is -2.22. The number of fused-ring (bicyclic) bond motifs is 1. The Morgan fingerprint density at radius 3 is 2.40 bits per heavy atom. The van der Waals surface area contributed by atoms with Gasteiger partial charge in [-0.2, -0.15) is 9.97 Å². The third-order valence-corrected chi connectivity index (χ3v) is 3.43. The van der Waals surface area contributed by atoms with Gasteiger partial charge in [-0.05, 0) is 43.3 Å². The Morgan fingerprint density at radius 2 is 1.72 bits per heavy atom. The highest BCUT2D eigenvalue weighted by Gasteiger charge is 2.13. The molecule has 0 bridgehead atoms. The van der Waals surface area contributed by atoms with Gasteiger partial charge in [-0.3, -0.25) is 0 Å². The highest BCUT2D eigenvalue weighted by atomic mass is 16.5. The minimum atomic E-state index is -1.03. The zero-order chi connectivity index (χ0) is 17.8. The third-order valence-electron chi connectivity index (χ3n) is 3.43. The second-order valence-electron chi connectivity index (χ2n) is 5.20. The molecule has 1 heterocycles. The summed E-state index contributed by atoms with van der Waals surface area (Å²) in [5, 5.41) is 9.65. The molecule has 7 heteroatoms. The molecule has 0 aliphatic rings. The predicted octanol–water partition coefficient (Wildman–Crippen LogP) is 3.28. The first-order chi connectivity index (χ1) is 12.1. The number of benzene rings is 2. The monoisotopic (exact) mass is 340 g/mol. The van der Waals surface area contributed by atoms with E-state index in [1.165, 1.54) is 14.0 Å². The number of hydrogen-bond acceptors (Lipinski definition) is 6. The van der Waals surface area contributed by atoms with Crippen LogP contribution >= 0.6 is 0 Å². The van der Waals surface area contributed by atoms with Crippen LogP contribution in [0.5, 0.6) is 23.4 Å². The van der Waals surface area contributed by atoms with Crippen LogP contribution in [-0.2, 0) is 4.79 Å². The molecule has 0 saturated heterocycles. The lowest BCUT2D eigenvalue weighted by molar-refractivity contribution is -0.144. The average Bonchev–Trinajstić information content (AvgIpc) is 2.62. The summed E-state index contributed by atoms with van der Waals surface area (Å²) in [5.74, 6) is 0.319. The molecule has 2 aromatic carbocycles. The highest BCUT2D eigenvalue weighted by molar-refractivity contribution is 5.83. The van der Waals surface area contributed by atoms with Gasteiger partial charge in [0.05, 0.1) is 18.0 Å². The van der Waals surface area contributed by atoms with Crippen LogP contribution < -0.4 is 14.2 Å². The van der Waals surface area contributed by atoms with Crippen LogP contribution in [0.25, 0.3) is 10.9 Å². The van der Waals surface area contributed by atoms with E-state index in [-0.39, 0.29) is 6.01 Å². The lowest BCUT2D eigenvalue weighted by Gasteiger charge is -2.11. The smallest absolute Gasteiger partial charge is 0.344 e. The number of carboxylic acids is 1. The summed E-state index contributed by atoms with van der Waals surface area (Å²) in [5.41, 5.74) is 0.708. The van der Waals surface area contributed by atoms with E-state index in [9.17, 15) is 4.79 Å². The molecule has 3 rings (SSSR count). The van der Waals surface area contributed by atoms with E-state index in [1.807, 2.05) is 24.3 Å². The van der Waals surface area contributed by atoms with Gasteiger partial charge < -0.3 is 19.3 Å². The molecule has 1 aromatic heterocycles. The van der Waals surface area contributed by atoms with E-state index in [2.05, 4.69) is 9.97 Å². The Kier molecular flexibility index (Phi) is 4.65. The molecule has 1 unspecified atom stereocenters. The minimum absolute atomic E-state index is 0.156. The number of carboxylic acid groups (broad SMARTS) is 1. The number of methoxy groups -OCH3 is 1. The molecule has 1 atom stereocenters. The molecule has 0 aliphatic heterocycles. The SMILES string of the molecule is COc1nc(Oc2ccc(OC(C)C(=O)O)cc2)nc2ccccc12. The molecule has 0 amide bonds. The molecule has 0 radical (unpaired) electrons. The standard InChI is InChI=1S/C18H16N2O5/c1-11(17(21)22)24-12-7-9-13(10-8-12)25-18-19-15-6-4-3-5-14(15)16(20-18)23-2/h3-11H,1-2H3,(H,21,22). The summed E-state index contributed by atoms with van der Waals surface area (Å²) in [7, 11) is 1.54. The summed E-state index contributed by atoms with van der Waals surface area (Å²) in [6.45, 7) is 1.46. The Labute approximate surface area is 143 Å². The normalized spacial score (nSPS) is 11.8. The van der Waals surface area contributed by atoms with Crippen molar-refractivity contribution in [2.45, 2.75) is 13.0 Å². The maximum absolute atomic E-state index is 10.8. The van der Waals surface area contributed by atoms with Crippen LogP contribution in [0.2, 0.25) is 0 Å². The lowest BCUT2D eigenvalue weighted by atomic mass is 10.2. The summed E-state index contributed by atoms with van der Waals surface area (Å²) >= 11 is 0. The first-order valence-electron chi connectivity index (χ1n) is 7.55. The molecule has 1 N–H and O–H groups in total. The van der Waals surface area contributed by atoms with Crippen molar-refractivity contribution in [2.24, 2.45) is 0 Å². The van der Waals surface area contributed by atoms with E-state index in [0.29, 0.717) is 22.9 Å². The van der Waals surface area contributed by atoms with Crippen molar-refractivity contribution in [3.63, 3.8) is 0 Å². The zero-order valence-electron chi connectivity index (χ0n) is 13.7. The second-order valence-corrected chi connectivity index (χ2v) is 5.20. The van der Waals surface area contributed by atoms with Gasteiger partial charge >= 0.3 is 12.0 Å². The molecule has 0 saturated carbocycles. The van der Waals surface area contributed by atoms with Crippen LogP contribution in [0, 0.1) is 0 Å². The van der Waals surface area contributed by atoms with Crippen LogP contribution in [0.1, 0.15) is 6.92 Å². The molecular weight excluding hydrogens is 324 g/mol. The van der Waals surface area contributed by atoms with Crippen molar-refractivity contribution >= 4 is 16.9 Å². The van der Waals surface area contributed by atoms with Gasteiger partial charge in [0.1, 0.15) is 11.5 Å². The Morgan fingerprint density at radius 1 is 1.04 bits per heavy atom. The van der Waals surface area contributed by atoms with Gasteiger partial charge in [0.15, 0.2) is 6.10 Å². The number of rotatable bonds is 6. The van der Waals surface area contributed by atoms with Crippen molar-refractivity contribution in [1.29, 1.82) is 0 Å². The van der Waals surface area contributed by atoms with Crippen molar-refractivity contribution in [1.82, 2.24) is 9.97 Å². The van der Waals surface area contributed by atoms with Gasteiger partial charge in [0.25, 0.3) is 0 Å². The van der Waals surface area contributed by atoms with Gasteiger partial charge in [0.2, 0.25) is 5.88 Å². The highest BCUT2D eigenvalue weighted by Crippen LogP contribution is 2.27. The maximum Gasteiger partial charge on any atom is 0.344 e. The first kappa shape index (κ1) is 16.5. The largest absolute Gasteiger partial charge is 0.480 e. The van der Waals surface area contributed by atoms with Gasteiger partial charge in [-0.15, -0.1) is 0 Å². The van der Waals surface area contributed by atoms with Crippen molar-refractivity contribution in [2.75, 3.05) is 7.11 Å².